The summed E-state index contributed by atoms with van der Waals surface area (Å²) in [6, 6.07) is 3.20. The second-order valence-corrected chi connectivity index (χ2v) is 5.65. The normalized spacial score (nSPS) is 19.1. The van der Waals surface area contributed by atoms with Gasteiger partial charge in [-0.2, -0.15) is 8.78 Å². The summed E-state index contributed by atoms with van der Waals surface area (Å²) < 4.78 is 32.7. The van der Waals surface area contributed by atoms with Gasteiger partial charge in [0.1, 0.15) is 5.75 Å². The van der Waals surface area contributed by atoms with Gasteiger partial charge < -0.3 is 9.84 Å². The lowest BCUT2D eigenvalue weighted by Crippen LogP contribution is -2.44. The fraction of sp³-hybridized carbons (Fsp3) is 0.571. The van der Waals surface area contributed by atoms with E-state index >= 15 is 0 Å². The first kappa shape index (κ1) is 14.5. The van der Waals surface area contributed by atoms with Crippen LogP contribution in [0.2, 0.25) is 0 Å². The maximum atomic E-state index is 13.8. The van der Waals surface area contributed by atoms with Gasteiger partial charge in [-0.15, -0.1) is 0 Å². The number of aliphatic hydroxyl groups is 1. The van der Waals surface area contributed by atoms with Gasteiger partial charge in [0.2, 0.25) is 0 Å². The lowest BCUT2D eigenvalue weighted by Gasteiger charge is -2.34. The molecule has 1 aliphatic carbocycles. The molecule has 106 valence electrons. The lowest BCUT2D eigenvalue weighted by molar-refractivity contribution is -0.147. The highest BCUT2D eigenvalue weighted by Gasteiger charge is 2.62. The average molecular weight is 291 g/mol. The number of halogens is 3. The average Bonchev–Trinajstić information content (AvgIpc) is 3.13. The smallest absolute Gasteiger partial charge is 0.354 e. The van der Waals surface area contributed by atoms with E-state index in [1.807, 2.05) is 6.92 Å². The predicted octanol–water partition coefficient (Wildman–Crippen LogP) is 3.74. The number of ether oxygens (including phenoxy) is 1. The number of hydrogen-bond acceptors (Lipinski definition) is 2. The molecule has 0 radical (unpaired) electrons. The van der Waals surface area contributed by atoms with E-state index < -0.39 is 16.9 Å². The Morgan fingerprint density at radius 3 is 2.21 bits per heavy atom. The highest BCUT2D eigenvalue weighted by atomic mass is 35.5. The molecule has 19 heavy (non-hydrogen) atoms. The van der Waals surface area contributed by atoms with Crippen molar-refractivity contribution in [2.24, 2.45) is 5.92 Å². The standard InChI is InChI=1S/C14H17ClF2O2/c1-8-6-11(12(19-3)7-9(8)2)13(18,10-4-5-10)14(15,16)17/h6-7,10,18H,4-5H2,1-3H3. The van der Waals surface area contributed by atoms with E-state index in [2.05, 4.69) is 0 Å². The minimum Gasteiger partial charge on any atom is -0.496 e. The van der Waals surface area contributed by atoms with Crippen molar-refractivity contribution in [2.45, 2.75) is 37.7 Å². The molecule has 0 aromatic heterocycles. The third-order valence-electron chi connectivity index (χ3n) is 3.83. The summed E-state index contributed by atoms with van der Waals surface area (Å²) in [4.78, 5) is 0. The van der Waals surface area contributed by atoms with E-state index in [0.29, 0.717) is 12.8 Å². The van der Waals surface area contributed by atoms with Gasteiger partial charge in [-0.1, -0.05) is 0 Å². The Kier molecular flexibility index (Phi) is 3.52. The molecule has 2 rings (SSSR count). The predicted molar refractivity (Wildman–Crippen MR) is 69.9 cm³/mol. The van der Waals surface area contributed by atoms with Crippen LogP contribution in [0.5, 0.6) is 5.75 Å². The van der Waals surface area contributed by atoms with Crippen molar-refractivity contribution < 1.29 is 18.6 Å². The van der Waals surface area contributed by atoms with Gasteiger partial charge in [-0.25, -0.2) is 0 Å². The van der Waals surface area contributed by atoms with Crippen molar-refractivity contribution in [1.82, 2.24) is 0 Å². The second-order valence-electron chi connectivity index (χ2n) is 5.18. The van der Waals surface area contributed by atoms with Gasteiger partial charge in [-0.3, -0.25) is 0 Å². The molecule has 0 saturated heterocycles. The van der Waals surface area contributed by atoms with E-state index in [-0.39, 0.29) is 11.3 Å². The summed E-state index contributed by atoms with van der Waals surface area (Å²) >= 11 is 5.19. The molecule has 1 N–H and O–H groups in total. The Hall–Kier alpha value is -0.870. The minimum absolute atomic E-state index is 0.0700. The molecule has 2 nitrogen and oxygen atoms in total. The molecule has 1 saturated carbocycles. The highest BCUT2D eigenvalue weighted by Crippen LogP contribution is 2.57. The molecule has 0 bridgehead atoms. The van der Waals surface area contributed by atoms with E-state index in [1.54, 1.807) is 19.1 Å². The Morgan fingerprint density at radius 1 is 1.26 bits per heavy atom. The molecular weight excluding hydrogens is 274 g/mol. The molecule has 1 atom stereocenters. The number of hydrogen-bond donors (Lipinski definition) is 1. The van der Waals surface area contributed by atoms with Gasteiger partial charge in [0.15, 0.2) is 5.60 Å². The SMILES string of the molecule is COc1cc(C)c(C)cc1C(O)(C1CC1)C(F)(F)Cl. The number of rotatable bonds is 4. The van der Waals surface area contributed by atoms with Crippen LogP contribution in [0.4, 0.5) is 8.78 Å². The van der Waals surface area contributed by atoms with E-state index in [9.17, 15) is 13.9 Å². The summed E-state index contributed by atoms with van der Waals surface area (Å²) in [5.41, 5.74) is -0.578. The molecule has 0 heterocycles. The van der Waals surface area contributed by atoms with Crippen molar-refractivity contribution in [3.8, 4) is 5.75 Å². The van der Waals surface area contributed by atoms with Crippen LogP contribution >= 0.6 is 11.6 Å². The summed E-state index contributed by atoms with van der Waals surface area (Å²) in [5.74, 6) is -0.283. The number of alkyl halides is 3. The number of benzene rings is 1. The van der Waals surface area contributed by atoms with Crippen LogP contribution in [0.1, 0.15) is 29.5 Å². The fourth-order valence-electron chi connectivity index (χ4n) is 2.36. The Bertz CT molecular complexity index is 495. The maximum Gasteiger partial charge on any atom is 0.354 e. The molecule has 0 spiro atoms. The maximum absolute atomic E-state index is 13.8. The van der Waals surface area contributed by atoms with Crippen molar-refractivity contribution in [2.75, 3.05) is 7.11 Å². The zero-order valence-electron chi connectivity index (χ0n) is 11.1. The first-order chi connectivity index (χ1) is 8.71. The van der Waals surface area contributed by atoms with Crippen LogP contribution in [0.15, 0.2) is 12.1 Å². The van der Waals surface area contributed by atoms with Gasteiger partial charge in [-0.05, 0) is 67.5 Å². The second kappa shape index (κ2) is 4.60. The minimum atomic E-state index is -3.73. The summed E-state index contributed by atoms with van der Waals surface area (Å²) in [6.07, 6.45) is 1.07. The van der Waals surface area contributed by atoms with Crippen molar-refractivity contribution in [1.29, 1.82) is 0 Å². The Labute approximate surface area is 116 Å². The van der Waals surface area contributed by atoms with Crippen LogP contribution in [-0.2, 0) is 5.60 Å². The van der Waals surface area contributed by atoms with Gasteiger partial charge in [0, 0.05) is 5.56 Å². The molecule has 1 aromatic carbocycles. The van der Waals surface area contributed by atoms with Crippen LogP contribution in [-0.4, -0.2) is 17.6 Å². The third-order valence-corrected chi connectivity index (χ3v) is 4.11. The monoisotopic (exact) mass is 290 g/mol. The van der Waals surface area contributed by atoms with Crippen LogP contribution in [0, 0.1) is 19.8 Å². The van der Waals surface area contributed by atoms with Crippen molar-refractivity contribution in [3.05, 3.63) is 28.8 Å². The molecule has 5 heteroatoms. The Balaban J connectivity index is 2.63. The van der Waals surface area contributed by atoms with Gasteiger partial charge in [0.05, 0.1) is 7.11 Å². The molecule has 1 fully saturated rings. The van der Waals surface area contributed by atoms with Crippen molar-refractivity contribution in [3.63, 3.8) is 0 Å². The third kappa shape index (κ3) is 2.32. The fourth-order valence-corrected chi connectivity index (χ4v) is 2.62. The molecule has 1 unspecified atom stereocenters. The molecule has 0 aliphatic heterocycles. The molecule has 0 amide bonds. The molecule has 1 aromatic rings. The zero-order valence-corrected chi connectivity index (χ0v) is 11.9. The number of aryl methyl sites for hydroxylation is 2. The summed E-state index contributed by atoms with van der Waals surface area (Å²) in [7, 11) is 1.40. The summed E-state index contributed by atoms with van der Waals surface area (Å²) in [5, 5.41) is 6.79. The van der Waals surface area contributed by atoms with Gasteiger partial charge in [0.25, 0.3) is 0 Å². The van der Waals surface area contributed by atoms with E-state index in [1.165, 1.54) is 7.11 Å². The summed E-state index contributed by atoms with van der Waals surface area (Å²) in [6.45, 7) is 3.66. The molecule has 1 aliphatic rings. The highest BCUT2D eigenvalue weighted by molar-refractivity contribution is 6.22. The van der Waals surface area contributed by atoms with Crippen LogP contribution in [0.25, 0.3) is 0 Å². The number of methoxy groups -OCH3 is 1. The van der Waals surface area contributed by atoms with E-state index in [4.69, 9.17) is 16.3 Å². The first-order valence-corrected chi connectivity index (χ1v) is 6.54. The quantitative estimate of drug-likeness (QED) is 0.856. The lowest BCUT2D eigenvalue weighted by atomic mass is 9.86. The van der Waals surface area contributed by atoms with Crippen molar-refractivity contribution >= 4 is 11.6 Å². The zero-order chi connectivity index (χ0) is 14.4. The Morgan fingerprint density at radius 2 is 1.79 bits per heavy atom. The first-order valence-electron chi connectivity index (χ1n) is 6.16. The van der Waals surface area contributed by atoms with E-state index in [0.717, 1.165) is 11.1 Å². The molecular formula is C14H17ClF2O2. The van der Waals surface area contributed by atoms with Gasteiger partial charge >= 0.3 is 5.38 Å². The topological polar surface area (TPSA) is 29.5 Å². The largest absolute Gasteiger partial charge is 0.496 e. The van der Waals surface area contributed by atoms with Crippen LogP contribution < -0.4 is 4.74 Å². The van der Waals surface area contributed by atoms with Crippen LogP contribution in [0.3, 0.4) is 0 Å².